The number of rotatable bonds is 6. The summed E-state index contributed by atoms with van der Waals surface area (Å²) in [6, 6.07) is 1.62. The van der Waals surface area contributed by atoms with Gasteiger partial charge in [0.25, 0.3) is 0 Å². The number of carbonyl (C=O) groups excluding carboxylic acids is 2. The maximum atomic E-state index is 11.6. The summed E-state index contributed by atoms with van der Waals surface area (Å²) in [6.07, 6.45) is 1.50. The smallest absolute Gasteiger partial charge is 0.320 e. The molecule has 20 heavy (non-hydrogen) atoms. The number of aromatic nitrogens is 1. The van der Waals surface area contributed by atoms with Gasteiger partial charge in [-0.3, -0.25) is 14.6 Å². The van der Waals surface area contributed by atoms with Crippen LogP contribution in [-0.4, -0.2) is 45.4 Å². The zero-order valence-corrected chi connectivity index (χ0v) is 11.8. The topological polar surface area (TPSA) is 84.0 Å². The van der Waals surface area contributed by atoms with Crippen molar-refractivity contribution in [1.82, 2.24) is 4.98 Å². The summed E-state index contributed by atoms with van der Waals surface area (Å²) in [5.74, 6) is -1.65. The first-order valence-electron chi connectivity index (χ1n) is 5.80. The maximum Gasteiger partial charge on any atom is 0.320 e. The third-order valence-corrected chi connectivity index (χ3v) is 2.74. The van der Waals surface area contributed by atoms with Crippen LogP contribution >= 0.6 is 0 Å². The summed E-state index contributed by atoms with van der Waals surface area (Å²) in [5.41, 5.74) is 0.410. The molecule has 1 heterocycles. The van der Waals surface area contributed by atoms with Crippen molar-refractivity contribution in [2.24, 2.45) is 5.92 Å². The Morgan fingerprint density at radius 1 is 1.10 bits per heavy atom. The molecule has 0 bridgehead atoms. The van der Waals surface area contributed by atoms with Crippen LogP contribution in [0.5, 0.6) is 11.5 Å². The van der Waals surface area contributed by atoms with Crippen molar-refractivity contribution in [2.45, 2.75) is 6.42 Å². The minimum absolute atomic E-state index is 0.000278. The first-order chi connectivity index (χ1) is 9.58. The second-order valence-electron chi connectivity index (χ2n) is 3.80. The molecule has 7 heteroatoms. The Bertz CT molecular complexity index is 472. The zero-order chi connectivity index (χ0) is 15.1. The summed E-state index contributed by atoms with van der Waals surface area (Å²) in [5, 5.41) is 0. The van der Waals surface area contributed by atoms with Crippen LogP contribution in [0.3, 0.4) is 0 Å². The summed E-state index contributed by atoms with van der Waals surface area (Å²) in [4.78, 5) is 27.4. The Kier molecular flexibility index (Phi) is 5.76. The summed E-state index contributed by atoms with van der Waals surface area (Å²) >= 11 is 0. The molecule has 0 amide bonds. The molecule has 1 aromatic heterocycles. The van der Waals surface area contributed by atoms with E-state index in [0.717, 1.165) is 0 Å². The lowest BCUT2D eigenvalue weighted by atomic mass is 10.0. The van der Waals surface area contributed by atoms with Crippen LogP contribution in [0.25, 0.3) is 0 Å². The van der Waals surface area contributed by atoms with Crippen molar-refractivity contribution in [2.75, 3.05) is 28.4 Å². The fraction of sp³-hybridized carbons (Fsp3) is 0.462. The average Bonchev–Trinajstić information content (AvgIpc) is 2.50. The highest BCUT2D eigenvalue weighted by Gasteiger charge is 2.31. The number of carbonyl (C=O) groups is 2. The van der Waals surface area contributed by atoms with Gasteiger partial charge in [-0.2, -0.15) is 0 Å². The number of hydrogen-bond acceptors (Lipinski definition) is 7. The minimum Gasteiger partial charge on any atom is -0.493 e. The van der Waals surface area contributed by atoms with E-state index in [-0.39, 0.29) is 6.42 Å². The van der Waals surface area contributed by atoms with Crippen LogP contribution in [0.2, 0.25) is 0 Å². The first kappa shape index (κ1) is 15.7. The zero-order valence-electron chi connectivity index (χ0n) is 11.8. The van der Waals surface area contributed by atoms with Crippen molar-refractivity contribution in [3.05, 3.63) is 18.0 Å². The molecule has 110 valence electrons. The van der Waals surface area contributed by atoms with Crippen molar-refractivity contribution < 1.29 is 28.5 Å². The highest BCUT2D eigenvalue weighted by molar-refractivity contribution is 5.95. The van der Waals surface area contributed by atoms with E-state index in [9.17, 15) is 9.59 Å². The Morgan fingerprint density at radius 2 is 1.70 bits per heavy atom. The van der Waals surface area contributed by atoms with Gasteiger partial charge in [-0.15, -0.1) is 0 Å². The van der Waals surface area contributed by atoms with Gasteiger partial charge in [0.1, 0.15) is 0 Å². The van der Waals surface area contributed by atoms with E-state index in [0.29, 0.717) is 17.2 Å². The van der Waals surface area contributed by atoms with E-state index in [2.05, 4.69) is 14.5 Å². The lowest BCUT2D eigenvalue weighted by Gasteiger charge is -2.15. The van der Waals surface area contributed by atoms with Gasteiger partial charge in [-0.25, -0.2) is 0 Å². The normalized spacial score (nSPS) is 10.1. The summed E-state index contributed by atoms with van der Waals surface area (Å²) in [7, 11) is 5.34. The number of hydrogen-bond donors (Lipinski definition) is 0. The van der Waals surface area contributed by atoms with E-state index in [1.165, 1.54) is 34.6 Å². The molecule has 0 unspecified atom stereocenters. The lowest BCUT2D eigenvalue weighted by molar-refractivity contribution is -0.158. The van der Waals surface area contributed by atoms with E-state index in [4.69, 9.17) is 9.47 Å². The number of esters is 2. The molecule has 0 aliphatic carbocycles. The molecule has 0 N–H and O–H groups in total. The van der Waals surface area contributed by atoms with E-state index < -0.39 is 17.9 Å². The van der Waals surface area contributed by atoms with Crippen LogP contribution in [0.4, 0.5) is 0 Å². The fourth-order valence-corrected chi connectivity index (χ4v) is 1.74. The third-order valence-electron chi connectivity index (χ3n) is 2.74. The molecule has 1 aromatic rings. The van der Waals surface area contributed by atoms with Crippen LogP contribution in [0.15, 0.2) is 12.3 Å². The number of ether oxygens (including phenoxy) is 4. The monoisotopic (exact) mass is 283 g/mol. The van der Waals surface area contributed by atoms with Gasteiger partial charge in [0, 0.05) is 18.7 Å². The van der Waals surface area contributed by atoms with Crippen molar-refractivity contribution in [1.29, 1.82) is 0 Å². The Morgan fingerprint density at radius 3 is 2.15 bits per heavy atom. The quantitative estimate of drug-likeness (QED) is 0.558. The van der Waals surface area contributed by atoms with Gasteiger partial charge in [-0.05, 0) is 0 Å². The molecule has 7 nitrogen and oxygen atoms in total. The van der Waals surface area contributed by atoms with Crippen molar-refractivity contribution >= 4 is 11.9 Å². The van der Waals surface area contributed by atoms with Gasteiger partial charge in [-0.1, -0.05) is 0 Å². The average molecular weight is 283 g/mol. The Hall–Kier alpha value is -2.31. The van der Waals surface area contributed by atoms with E-state index in [1.807, 2.05) is 0 Å². The number of methoxy groups -OCH3 is 4. The molecule has 0 saturated heterocycles. The Balaban J connectivity index is 3.11. The van der Waals surface area contributed by atoms with Gasteiger partial charge in [0.05, 0.1) is 34.1 Å². The second kappa shape index (κ2) is 7.32. The van der Waals surface area contributed by atoms with Crippen LogP contribution < -0.4 is 9.47 Å². The van der Waals surface area contributed by atoms with Crippen LogP contribution in [0, 0.1) is 5.92 Å². The predicted octanol–water partition coefficient (Wildman–Crippen LogP) is 0.603. The molecule has 0 aliphatic heterocycles. The molecular weight excluding hydrogens is 266 g/mol. The largest absolute Gasteiger partial charge is 0.493 e. The molecule has 0 aliphatic rings. The summed E-state index contributed by atoms with van der Waals surface area (Å²) < 4.78 is 19.5. The molecular formula is C13H17NO6. The third kappa shape index (κ3) is 3.37. The summed E-state index contributed by atoms with van der Waals surface area (Å²) in [6.45, 7) is 0. The van der Waals surface area contributed by atoms with Gasteiger partial charge < -0.3 is 18.9 Å². The molecule has 1 rings (SSSR count). The van der Waals surface area contributed by atoms with Crippen molar-refractivity contribution in [3.63, 3.8) is 0 Å². The molecule has 0 saturated carbocycles. The minimum atomic E-state index is -1.10. The molecule has 0 fully saturated rings. The fourth-order valence-electron chi connectivity index (χ4n) is 1.74. The lowest BCUT2D eigenvalue weighted by Crippen LogP contribution is -2.29. The van der Waals surface area contributed by atoms with Gasteiger partial charge in [0.2, 0.25) is 0 Å². The standard InChI is InChI=1S/C13H17NO6/c1-17-10-5-6-14-9(11(10)18-2)7-8(12(15)19-3)13(16)20-4/h5-6,8H,7H2,1-4H3. The molecule has 0 aromatic carbocycles. The molecule has 0 spiro atoms. The second-order valence-corrected chi connectivity index (χ2v) is 3.80. The van der Waals surface area contributed by atoms with Gasteiger partial charge in [0.15, 0.2) is 17.4 Å². The predicted molar refractivity (Wildman–Crippen MR) is 68.6 cm³/mol. The first-order valence-corrected chi connectivity index (χ1v) is 5.80. The SMILES string of the molecule is COC(=O)C(Cc1nccc(OC)c1OC)C(=O)OC. The molecule has 0 atom stereocenters. The number of pyridine rings is 1. The van der Waals surface area contributed by atoms with Gasteiger partial charge >= 0.3 is 11.9 Å². The number of nitrogens with zero attached hydrogens (tertiary/aromatic N) is 1. The van der Waals surface area contributed by atoms with Crippen LogP contribution in [-0.2, 0) is 25.5 Å². The maximum absolute atomic E-state index is 11.6. The Labute approximate surface area is 116 Å². The van der Waals surface area contributed by atoms with Crippen molar-refractivity contribution in [3.8, 4) is 11.5 Å². The van der Waals surface area contributed by atoms with E-state index >= 15 is 0 Å². The van der Waals surface area contributed by atoms with E-state index in [1.54, 1.807) is 6.07 Å². The van der Waals surface area contributed by atoms with Crippen LogP contribution in [0.1, 0.15) is 5.69 Å². The molecule has 0 radical (unpaired) electrons. The highest BCUT2D eigenvalue weighted by Crippen LogP contribution is 2.30. The highest BCUT2D eigenvalue weighted by atomic mass is 16.5.